The quantitative estimate of drug-likeness (QED) is 0.290. The SMILES string of the molecule is C=C[C@H](C#CC#C[C@H](O)CCCCCCCCC)OC(C)=O. The fraction of sp³-hybridized carbons (Fsp3) is 0.632. The summed E-state index contributed by atoms with van der Waals surface area (Å²) in [5.41, 5.74) is 0. The Morgan fingerprint density at radius 3 is 2.32 bits per heavy atom. The van der Waals surface area contributed by atoms with Gasteiger partial charge in [-0.1, -0.05) is 57.9 Å². The average molecular weight is 304 g/mol. The van der Waals surface area contributed by atoms with Crippen molar-refractivity contribution in [1.29, 1.82) is 0 Å². The Morgan fingerprint density at radius 2 is 1.73 bits per heavy atom. The van der Waals surface area contributed by atoms with Gasteiger partial charge in [0.2, 0.25) is 0 Å². The van der Waals surface area contributed by atoms with Crippen LogP contribution in [0.4, 0.5) is 0 Å². The number of ether oxygens (including phenoxy) is 1. The third-order valence-corrected chi connectivity index (χ3v) is 3.10. The largest absolute Gasteiger partial charge is 0.445 e. The van der Waals surface area contributed by atoms with Gasteiger partial charge in [0, 0.05) is 6.92 Å². The van der Waals surface area contributed by atoms with Gasteiger partial charge in [-0.3, -0.25) is 4.79 Å². The van der Waals surface area contributed by atoms with Crippen molar-refractivity contribution in [3.63, 3.8) is 0 Å². The number of unbranched alkanes of at least 4 members (excludes halogenated alkanes) is 6. The Hall–Kier alpha value is -1.71. The lowest BCUT2D eigenvalue weighted by atomic mass is 10.1. The second kappa shape index (κ2) is 14.2. The Labute approximate surface area is 135 Å². The zero-order valence-corrected chi connectivity index (χ0v) is 13.9. The van der Waals surface area contributed by atoms with Gasteiger partial charge in [0.15, 0.2) is 6.10 Å². The van der Waals surface area contributed by atoms with E-state index in [1.807, 2.05) is 0 Å². The first-order valence-corrected chi connectivity index (χ1v) is 8.09. The summed E-state index contributed by atoms with van der Waals surface area (Å²) in [6.45, 7) is 7.05. The molecule has 0 bridgehead atoms. The highest BCUT2D eigenvalue weighted by Gasteiger charge is 2.01. The van der Waals surface area contributed by atoms with Crippen LogP contribution in [-0.4, -0.2) is 23.3 Å². The molecule has 0 amide bonds. The van der Waals surface area contributed by atoms with Gasteiger partial charge in [-0.15, -0.1) is 0 Å². The molecule has 0 fully saturated rings. The first-order chi connectivity index (χ1) is 10.6. The summed E-state index contributed by atoms with van der Waals surface area (Å²) in [6, 6.07) is 0. The van der Waals surface area contributed by atoms with Crippen LogP contribution < -0.4 is 0 Å². The van der Waals surface area contributed by atoms with Crippen LogP contribution in [0.15, 0.2) is 12.7 Å². The van der Waals surface area contributed by atoms with E-state index >= 15 is 0 Å². The minimum Gasteiger partial charge on any atom is -0.445 e. The van der Waals surface area contributed by atoms with Crippen LogP contribution in [0.25, 0.3) is 0 Å². The van der Waals surface area contributed by atoms with Crippen LogP contribution >= 0.6 is 0 Å². The molecule has 0 saturated heterocycles. The van der Waals surface area contributed by atoms with E-state index < -0.39 is 18.2 Å². The molecular weight excluding hydrogens is 276 g/mol. The highest BCUT2D eigenvalue weighted by atomic mass is 16.5. The molecule has 0 aromatic carbocycles. The maximum atomic E-state index is 10.8. The van der Waals surface area contributed by atoms with Gasteiger partial charge >= 0.3 is 5.97 Å². The average Bonchev–Trinajstić information content (AvgIpc) is 2.49. The highest BCUT2D eigenvalue weighted by molar-refractivity contribution is 5.66. The molecule has 0 aliphatic rings. The molecule has 0 rings (SSSR count). The maximum Gasteiger partial charge on any atom is 0.304 e. The summed E-state index contributed by atoms with van der Waals surface area (Å²) in [7, 11) is 0. The van der Waals surface area contributed by atoms with Gasteiger partial charge in [-0.25, -0.2) is 0 Å². The van der Waals surface area contributed by atoms with Gasteiger partial charge in [0.25, 0.3) is 0 Å². The molecule has 0 radical (unpaired) electrons. The molecule has 22 heavy (non-hydrogen) atoms. The molecule has 0 aromatic heterocycles. The Bertz CT molecular complexity index is 431. The van der Waals surface area contributed by atoms with Gasteiger partial charge in [0.05, 0.1) is 0 Å². The van der Waals surface area contributed by atoms with Crippen LogP contribution in [0, 0.1) is 23.7 Å². The van der Waals surface area contributed by atoms with Crippen LogP contribution in [0.5, 0.6) is 0 Å². The fourth-order valence-electron chi connectivity index (χ4n) is 1.91. The zero-order chi connectivity index (χ0) is 16.6. The minimum absolute atomic E-state index is 0.411. The van der Waals surface area contributed by atoms with Crippen molar-refractivity contribution in [2.24, 2.45) is 0 Å². The number of hydrogen-bond donors (Lipinski definition) is 1. The van der Waals surface area contributed by atoms with Crippen molar-refractivity contribution in [2.45, 2.75) is 77.4 Å². The second-order valence-electron chi connectivity index (χ2n) is 5.23. The molecule has 1 N–H and O–H groups in total. The summed E-state index contributed by atoms with van der Waals surface area (Å²) in [5, 5.41) is 9.71. The van der Waals surface area contributed by atoms with Gasteiger partial charge in [-0.05, 0) is 36.7 Å². The monoisotopic (exact) mass is 304 g/mol. The number of esters is 1. The molecule has 0 spiro atoms. The van der Waals surface area contributed by atoms with E-state index in [0.717, 1.165) is 12.8 Å². The molecule has 3 heteroatoms. The number of aliphatic hydroxyl groups excluding tert-OH is 1. The molecule has 0 unspecified atom stereocenters. The van der Waals surface area contributed by atoms with Crippen LogP contribution in [0.3, 0.4) is 0 Å². The molecule has 0 aliphatic carbocycles. The van der Waals surface area contributed by atoms with Crippen molar-refractivity contribution in [3.05, 3.63) is 12.7 Å². The van der Waals surface area contributed by atoms with Crippen LogP contribution in [-0.2, 0) is 9.53 Å². The normalized spacial score (nSPS) is 12.1. The van der Waals surface area contributed by atoms with Crippen LogP contribution in [0.1, 0.15) is 65.2 Å². The van der Waals surface area contributed by atoms with E-state index in [0.29, 0.717) is 6.42 Å². The number of rotatable bonds is 10. The summed E-state index contributed by atoms with van der Waals surface area (Å²) >= 11 is 0. The zero-order valence-electron chi connectivity index (χ0n) is 13.9. The molecule has 0 saturated carbocycles. The molecule has 2 atom stereocenters. The molecule has 0 aliphatic heterocycles. The third-order valence-electron chi connectivity index (χ3n) is 3.10. The fourth-order valence-corrected chi connectivity index (χ4v) is 1.91. The smallest absolute Gasteiger partial charge is 0.304 e. The molecular formula is C19H28O3. The number of hydrogen-bond acceptors (Lipinski definition) is 3. The Morgan fingerprint density at radius 1 is 1.14 bits per heavy atom. The highest BCUT2D eigenvalue weighted by Crippen LogP contribution is 2.09. The number of carbonyl (C=O) groups is 1. The van der Waals surface area contributed by atoms with E-state index in [2.05, 4.69) is 37.2 Å². The lowest BCUT2D eigenvalue weighted by Gasteiger charge is -2.03. The predicted molar refractivity (Wildman–Crippen MR) is 89.9 cm³/mol. The number of aliphatic hydroxyl groups is 1. The molecule has 122 valence electrons. The van der Waals surface area contributed by atoms with Crippen molar-refractivity contribution in [3.8, 4) is 23.7 Å². The molecule has 0 heterocycles. The van der Waals surface area contributed by atoms with Gasteiger partial charge in [0.1, 0.15) is 6.10 Å². The van der Waals surface area contributed by atoms with Crippen molar-refractivity contribution in [2.75, 3.05) is 0 Å². The van der Waals surface area contributed by atoms with E-state index in [4.69, 9.17) is 4.74 Å². The maximum absolute atomic E-state index is 10.8. The molecule has 0 aromatic rings. The topological polar surface area (TPSA) is 46.5 Å². The third kappa shape index (κ3) is 13.3. The standard InChI is InChI=1S/C19H28O3/c1-4-6-7-8-9-10-11-14-18(21)15-12-13-16-19(5-2)22-17(3)20/h5,18-19,21H,2,4,6-11,14H2,1,3H3/t18-,19-/m1/s1. The summed E-state index contributed by atoms with van der Waals surface area (Å²) in [5.74, 6) is 10.1. The Balaban J connectivity index is 3.86. The minimum atomic E-state index is -0.646. The summed E-state index contributed by atoms with van der Waals surface area (Å²) in [4.78, 5) is 10.8. The second-order valence-corrected chi connectivity index (χ2v) is 5.23. The number of carbonyl (C=O) groups excluding carboxylic acids is 1. The Kier molecular flexibility index (Phi) is 13.1. The molecule has 3 nitrogen and oxygen atoms in total. The van der Waals surface area contributed by atoms with Crippen molar-refractivity contribution < 1.29 is 14.6 Å². The first kappa shape index (κ1) is 20.3. The van der Waals surface area contributed by atoms with E-state index in [1.54, 1.807) is 0 Å². The first-order valence-electron chi connectivity index (χ1n) is 8.09. The van der Waals surface area contributed by atoms with Gasteiger partial charge in [-0.2, -0.15) is 0 Å². The van der Waals surface area contributed by atoms with E-state index in [1.165, 1.54) is 45.1 Å². The summed E-state index contributed by atoms with van der Waals surface area (Å²) in [6.07, 6.45) is 9.34. The van der Waals surface area contributed by atoms with Crippen molar-refractivity contribution >= 4 is 5.97 Å². The lowest BCUT2D eigenvalue weighted by molar-refractivity contribution is -0.142. The predicted octanol–water partition coefficient (Wildman–Crippen LogP) is 3.61. The van der Waals surface area contributed by atoms with E-state index in [9.17, 15) is 9.90 Å². The van der Waals surface area contributed by atoms with Crippen LogP contribution in [0.2, 0.25) is 0 Å². The summed E-state index contributed by atoms with van der Waals surface area (Å²) < 4.78 is 4.87. The van der Waals surface area contributed by atoms with Crippen molar-refractivity contribution in [1.82, 2.24) is 0 Å². The van der Waals surface area contributed by atoms with E-state index in [-0.39, 0.29) is 0 Å². The lowest BCUT2D eigenvalue weighted by Crippen LogP contribution is -2.10. The van der Waals surface area contributed by atoms with Gasteiger partial charge < -0.3 is 9.84 Å².